The molecule has 0 aliphatic carbocycles. The average Bonchev–Trinajstić information content (AvgIpc) is 2.52. The van der Waals surface area contributed by atoms with Crippen LogP contribution in [0.2, 0.25) is 0 Å². The summed E-state index contributed by atoms with van der Waals surface area (Å²) in [6, 6.07) is 14.1. The van der Waals surface area contributed by atoms with Crippen LogP contribution in [-0.2, 0) is 4.79 Å². The number of ether oxygens (including phenoxy) is 1. The molecule has 2 N–H and O–H groups in total. The van der Waals surface area contributed by atoms with Crippen molar-refractivity contribution in [1.29, 1.82) is 0 Å². The number of rotatable bonds is 3. The molecule has 0 saturated carbocycles. The number of benzene rings is 2. The van der Waals surface area contributed by atoms with Gasteiger partial charge in [-0.15, -0.1) is 0 Å². The van der Waals surface area contributed by atoms with Gasteiger partial charge in [0.1, 0.15) is 11.4 Å². The van der Waals surface area contributed by atoms with E-state index in [0.29, 0.717) is 22.7 Å². The summed E-state index contributed by atoms with van der Waals surface area (Å²) in [5, 5.41) is 0. The predicted molar refractivity (Wildman–Crippen MR) is 84.1 cm³/mol. The summed E-state index contributed by atoms with van der Waals surface area (Å²) in [5.74, 6) is 0.111. The summed E-state index contributed by atoms with van der Waals surface area (Å²) in [5.41, 5.74) is 7.41. The zero-order valence-corrected chi connectivity index (χ0v) is 12.2. The molecule has 0 spiro atoms. The first-order valence-electron chi connectivity index (χ1n) is 7.02. The maximum Gasteiger partial charge on any atom is 0.268 e. The van der Waals surface area contributed by atoms with E-state index in [1.165, 1.54) is 4.90 Å². The van der Waals surface area contributed by atoms with Crippen molar-refractivity contribution >= 4 is 23.1 Å². The third-order valence-electron chi connectivity index (χ3n) is 3.62. The summed E-state index contributed by atoms with van der Waals surface area (Å²) < 4.78 is 5.56. The van der Waals surface area contributed by atoms with E-state index >= 15 is 0 Å². The first-order valence-corrected chi connectivity index (χ1v) is 7.02. The van der Waals surface area contributed by atoms with Crippen molar-refractivity contribution in [2.75, 3.05) is 17.2 Å². The molecule has 3 rings (SSSR count). The molecule has 5 nitrogen and oxygen atoms in total. The first kappa shape index (κ1) is 14.1. The van der Waals surface area contributed by atoms with Gasteiger partial charge in [-0.05, 0) is 19.1 Å². The molecule has 22 heavy (non-hydrogen) atoms. The third-order valence-corrected chi connectivity index (χ3v) is 3.62. The van der Waals surface area contributed by atoms with Crippen LogP contribution in [0, 0.1) is 0 Å². The standard InChI is InChI=1S/C17H16N2O3/c1-11-17(21)19(10-14(20)12-6-3-2-4-7-12)16-13(18)8-5-9-15(16)22-11/h2-9,11H,10,18H2,1H3. The molecule has 5 heteroatoms. The Labute approximate surface area is 128 Å². The normalized spacial score (nSPS) is 16.9. The molecule has 1 atom stereocenters. The molecule has 1 unspecified atom stereocenters. The number of carbonyl (C=O) groups excluding carboxylic acids is 2. The minimum absolute atomic E-state index is 0.0578. The number of carbonyl (C=O) groups is 2. The molecule has 2 aromatic carbocycles. The van der Waals surface area contributed by atoms with Gasteiger partial charge < -0.3 is 10.5 Å². The largest absolute Gasteiger partial charge is 0.479 e. The summed E-state index contributed by atoms with van der Waals surface area (Å²) in [4.78, 5) is 26.2. The van der Waals surface area contributed by atoms with E-state index in [1.54, 1.807) is 49.4 Å². The molecule has 1 aliphatic heterocycles. The second-order valence-corrected chi connectivity index (χ2v) is 5.17. The van der Waals surface area contributed by atoms with Crippen molar-refractivity contribution < 1.29 is 14.3 Å². The summed E-state index contributed by atoms with van der Waals surface area (Å²) in [7, 11) is 0. The van der Waals surface area contributed by atoms with Crippen LogP contribution in [0.1, 0.15) is 17.3 Å². The maximum absolute atomic E-state index is 12.4. The number of hydrogen-bond donors (Lipinski definition) is 1. The average molecular weight is 296 g/mol. The number of hydrogen-bond acceptors (Lipinski definition) is 4. The smallest absolute Gasteiger partial charge is 0.268 e. The zero-order valence-electron chi connectivity index (χ0n) is 12.2. The summed E-state index contributed by atoms with van der Waals surface area (Å²) in [6.07, 6.45) is -0.641. The topological polar surface area (TPSA) is 72.6 Å². The minimum atomic E-state index is -0.641. The molecule has 1 heterocycles. The monoisotopic (exact) mass is 296 g/mol. The fourth-order valence-electron chi connectivity index (χ4n) is 2.51. The Morgan fingerprint density at radius 2 is 1.91 bits per heavy atom. The number of nitrogen functional groups attached to an aromatic ring is 1. The van der Waals surface area contributed by atoms with Crippen LogP contribution in [0.4, 0.5) is 11.4 Å². The summed E-state index contributed by atoms with van der Waals surface area (Å²) in [6.45, 7) is 1.60. The van der Waals surface area contributed by atoms with Crippen molar-refractivity contribution in [3.63, 3.8) is 0 Å². The van der Waals surface area contributed by atoms with Gasteiger partial charge in [0.05, 0.1) is 12.2 Å². The number of nitrogens with two attached hydrogens (primary N) is 1. The molecule has 0 bridgehead atoms. The quantitative estimate of drug-likeness (QED) is 0.696. The van der Waals surface area contributed by atoms with Gasteiger partial charge in [0.2, 0.25) is 0 Å². The second kappa shape index (κ2) is 5.52. The van der Waals surface area contributed by atoms with Gasteiger partial charge >= 0.3 is 0 Å². The maximum atomic E-state index is 12.4. The number of anilines is 2. The third kappa shape index (κ3) is 2.41. The van der Waals surface area contributed by atoms with Crippen molar-refractivity contribution in [2.24, 2.45) is 0 Å². The lowest BCUT2D eigenvalue weighted by molar-refractivity contribution is -0.125. The van der Waals surface area contributed by atoms with Crippen molar-refractivity contribution in [1.82, 2.24) is 0 Å². The molecule has 0 fully saturated rings. The number of fused-ring (bicyclic) bond motifs is 1. The van der Waals surface area contributed by atoms with Gasteiger partial charge in [0.15, 0.2) is 11.9 Å². The lowest BCUT2D eigenvalue weighted by Gasteiger charge is -2.33. The highest BCUT2D eigenvalue weighted by atomic mass is 16.5. The van der Waals surface area contributed by atoms with Crippen molar-refractivity contribution in [2.45, 2.75) is 13.0 Å². The Morgan fingerprint density at radius 3 is 2.64 bits per heavy atom. The Morgan fingerprint density at radius 1 is 1.18 bits per heavy atom. The van der Waals surface area contributed by atoms with E-state index in [9.17, 15) is 9.59 Å². The Bertz CT molecular complexity index is 728. The SMILES string of the molecule is CC1Oc2cccc(N)c2N(CC(=O)c2ccccc2)C1=O. The fourth-order valence-corrected chi connectivity index (χ4v) is 2.51. The van der Waals surface area contributed by atoms with E-state index in [1.807, 2.05) is 6.07 Å². The van der Waals surface area contributed by atoms with E-state index < -0.39 is 6.10 Å². The van der Waals surface area contributed by atoms with Crippen molar-refractivity contribution in [3.8, 4) is 5.75 Å². The van der Waals surface area contributed by atoms with Crippen LogP contribution in [-0.4, -0.2) is 24.3 Å². The predicted octanol–water partition coefficient (Wildman–Crippen LogP) is 2.27. The molecule has 0 aromatic heterocycles. The van der Waals surface area contributed by atoms with Crippen LogP contribution in [0.3, 0.4) is 0 Å². The zero-order chi connectivity index (χ0) is 15.7. The highest BCUT2D eigenvalue weighted by molar-refractivity contribution is 6.09. The number of amides is 1. The Hall–Kier alpha value is -2.82. The molecule has 2 aromatic rings. The van der Waals surface area contributed by atoms with E-state index in [4.69, 9.17) is 10.5 Å². The fraction of sp³-hybridized carbons (Fsp3) is 0.176. The molecule has 0 radical (unpaired) electrons. The van der Waals surface area contributed by atoms with Crippen LogP contribution in [0.15, 0.2) is 48.5 Å². The molecular formula is C17H16N2O3. The van der Waals surface area contributed by atoms with Gasteiger partial charge in [-0.1, -0.05) is 36.4 Å². The molecule has 112 valence electrons. The van der Waals surface area contributed by atoms with Crippen LogP contribution in [0.5, 0.6) is 5.75 Å². The molecule has 0 saturated heterocycles. The molecular weight excluding hydrogens is 280 g/mol. The van der Waals surface area contributed by atoms with Gasteiger partial charge in [-0.3, -0.25) is 14.5 Å². The van der Waals surface area contributed by atoms with Gasteiger partial charge in [0.25, 0.3) is 5.91 Å². The van der Waals surface area contributed by atoms with Gasteiger partial charge in [-0.25, -0.2) is 0 Å². The van der Waals surface area contributed by atoms with Crippen LogP contribution in [0.25, 0.3) is 0 Å². The minimum Gasteiger partial charge on any atom is -0.479 e. The molecule has 1 aliphatic rings. The lowest BCUT2D eigenvalue weighted by Crippen LogP contribution is -2.47. The highest BCUT2D eigenvalue weighted by Crippen LogP contribution is 2.38. The molecule has 1 amide bonds. The Kier molecular flexibility index (Phi) is 3.55. The number of para-hydroxylation sites is 1. The van der Waals surface area contributed by atoms with Crippen LogP contribution < -0.4 is 15.4 Å². The Balaban J connectivity index is 1.96. The number of Topliss-reactive ketones (excluding diaryl/α,β-unsaturated/α-hetero) is 1. The lowest BCUT2D eigenvalue weighted by atomic mass is 10.1. The summed E-state index contributed by atoms with van der Waals surface area (Å²) >= 11 is 0. The number of ketones is 1. The van der Waals surface area contributed by atoms with Crippen LogP contribution >= 0.6 is 0 Å². The van der Waals surface area contributed by atoms with Gasteiger partial charge in [0, 0.05) is 5.56 Å². The first-order chi connectivity index (χ1) is 10.6. The highest BCUT2D eigenvalue weighted by Gasteiger charge is 2.34. The van der Waals surface area contributed by atoms with E-state index in [-0.39, 0.29) is 18.2 Å². The van der Waals surface area contributed by atoms with E-state index in [0.717, 1.165) is 0 Å². The van der Waals surface area contributed by atoms with Crippen molar-refractivity contribution in [3.05, 3.63) is 54.1 Å². The second-order valence-electron chi connectivity index (χ2n) is 5.17. The van der Waals surface area contributed by atoms with E-state index in [2.05, 4.69) is 0 Å². The van der Waals surface area contributed by atoms with Gasteiger partial charge in [-0.2, -0.15) is 0 Å². The number of nitrogens with zero attached hydrogens (tertiary/aromatic N) is 1.